The minimum absolute atomic E-state index is 0.0987. The molecule has 3 rings (SSSR count). The maximum atomic E-state index is 11.8. The van der Waals surface area contributed by atoms with E-state index in [1.165, 1.54) is 10.6 Å². The number of benzene rings is 1. The summed E-state index contributed by atoms with van der Waals surface area (Å²) >= 11 is 0. The third-order valence-corrected chi connectivity index (χ3v) is 4.53. The van der Waals surface area contributed by atoms with Gasteiger partial charge in [0.1, 0.15) is 18.0 Å². The average Bonchev–Trinajstić information content (AvgIpc) is 2.70. The van der Waals surface area contributed by atoms with E-state index in [2.05, 4.69) is 34.0 Å². The predicted octanol–water partition coefficient (Wildman–Crippen LogP) is 2.79. The number of aromatic nitrogens is 3. The molecule has 1 N–H and O–H groups in total. The van der Waals surface area contributed by atoms with Crippen molar-refractivity contribution in [3.8, 4) is 5.75 Å². The number of aryl methyl sites for hydroxylation is 1. The van der Waals surface area contributed by atoms with Crippen molar-refractivity contribution in [1.29, 1.82) is 0 Å². The van der Waals surface area contributed by atoms with Crippen molar-refractivity contribution in [2.45, 2.75) is 13.8 Å². The van der Waals surface area contributed by atoms with Gasteiger partial charge >= 0.3 is 0 Å². The molecule has 0 saturated carbocycles. The van der Waals surface area contributed by atoms with Crippen LogP contribution in [0.5, 0.6) is 5.75 Å². The minimum atomic E-state index is -0.0987. The van der Waals surface area contributed by atoms with Crippen molar-refractivity contribution in [2.75, 3.05) is 31.6 Å². The molecule has 0 aliphatic rings. The molecular weight excluding hydrogens is 342 g/mol. The fourth-order valence-electron chi connectivity index (χ4n) is 2.80. The Hall–Kier alpha value is -2.93. The first-order valence-electron chi connectivity index (χ1n) is 9.15. The van der Waals surface area contributed by atoms with Gasteiger partial charge in [0.15, 0.2) is 0 Å². The van der Waals surface area contributed by atoms with Gasteiger partial charge in [-0.3, -0.25) is 9.36 Å². The lowest BCUT2D eigenvalue weighted by molar-refractivity contribution is 0.223. The minimum Gasteiger partial charge on any atom is -0.492 e. The lowest BCUT2D eigenvalue weighted by atomic mass is 10.3. The van der Waals surface area contributed by atoms with Crippen molar-refractivity contribution < 1.29 is 4.74 Å². The van der Waals surface area contributed by atoms with Gasteiger partial charge < -0.3 is 15.0 Å². The van der Waals surface area contributed by atoms with E-state index in [-0.39, 0.29) is 5.56 Å². The molecule has 0 saturated heterocycles. The van der Waals surface area contributed by atoms with E-state index in [1.54, 1.807) is 19.3 Å². The van der Waals surface area contributed by atoms with E-state index in [0.29, 0.717) is 18.2 Å². The predicted molar refractivity (Wildman–Crippen MR) is 108 cm³/mol. The average molecular weight is 367 g/mol. The highest BCUT2D eigenvalue weighted by atomic mass is 16.5. The molecule has 2 heterocycles. The highest BCUT2D eigenvalue weighted by Gasteiger charge is 2.05. The Bertz CT molecular complexity index is 949. The number of fused-ring (bicyclic) bond motifs is 1. The van der Waals surface area contributed by atoms with Crippen LogP contribution in [0.4, 0.5) is 11.6 Å². The Labute approximate surface area is 158 Å². The molecule has 7 nitrogen and oxygen atoms in total. The summed E-state index contributed by atoms with van der Waals surface area (Å²) in [5.74, 6) is 1.27. The molecule has 0 amide bonds. The van der Waals surface area contributed by atoms with E-state index >= 15 is 0 Å². The van der Waals surface area contributed by atoms with Crippen molar-refractivity contribution in [3.05, 3.63) is 52.9 Å². The summed E-state index contributed by atoms with van der Waals surface area (Å²) in [6, 6.07) is 10.9. The second kappa shape index (κ2) is 8.64. The van der Waals surface area contributed by atoms with Gasteiger partial charge in [0, 0.05) is 36.9 Å². The number of hydrogen-bond donors (Lipinski definition) is 1. The first-order valence-corrected chi connectivity index (χ1v) is 9.15. The van der Waals surface area contributed by atoms with Crippen LogP contribution in [-0.4, -0.2) is 45.7 Å². The molecule has 0 unspecified atom stereocenters. The zero-order valence-electron chi connectivity index (χ0n) is 16.0. The molecule has 0 spiro atoms. The van der Waals surface area contributed by atoms with Crippen LogP contribution in [0.2, 0.25) is 0 Å². The molecular formula is C20H25N5O2. The molecule has 0 fully saturated rings. The van der Waals surface area contributed by atoms with Gasteiger partial charge in [-0.1, -0.05) is 13.8 Å². The third kappa shape index (κ3) is 4.62. The number of anilines is 2. The summed E-state index contributed by atoms with van der Waals surface area (Å²) in [5.41, 5.74) is 1.35. The standard InChI is InChI=1S/C20H25N5O2/c1-4-25(5-2)12-13-27-17-9-7-16(8-10-17)22-20-21-14-15-6-11-18(26)24(3)19(15)23-20/h6-11,14H,4-5,12-13H2,1-3H3,(H,21,22,23). The van der Waals surface area contributed by atoms with Crippen LogP contribution in [0.15, 0.2) is 47.4 Å². The molecule has 0 atom stereocenters. The summed E-state index contributed by atoms with van der Waals surface area (Å²) in [5, 5.41) is 3.98. The van der Waals surface area contributed by atoms with Crippen molar-refractivity contribution >= 4 is 22.7 Å². The summed E-state index contributed by atoms with van der Waals surface area (Å²) < 4.78 is 7.30. The van der Waals surface area contributed by atoms with E-state index in [0.717, 1.165) is 36.5 Å². The van der Waals surface area contributed by atoms with Gasteiger partial charge in [-0.25, -0.2) is 4.98 Å². The van der Waals surface area contributed by atoms with Gasteiger partial charge in [-0.2, -0.15) is 4.98 Å². The second-order valence-electron chi connectivity index (χ2n) is 6.23. The first-order chi connectivity index (χ1) is 13.1. The molecule has 0 radical (unpaired) electrons. The van der Waals surface area contributed by atoms with Crippen molar-refractivity contribution in [2.24, 2.45) is 7.05 Å². The molecule has 0 aliphatic carbocycles. The molecule has 3 aromatic rings. The number of likely N-dealkylation sites (N-methyl/N-ethyl adjacent to an activating group) is 1. The molecule has 1 aromatic carbocycles. The number of rotatable bonds is 8. The molecule has 0 bridgehead atoms. The number of pyridine rings is 1. The SMILES string of the molecule is CCN(CC)CCOc1ccc(Nc2ncc3ccc(=O)n(C)c3n2)cc1. The molecule has 2 aromatic heterocycles. The lowest BCUT2D eigenvalue weighted by Gasteiger charge is -2.18. The smallest absolute Gasteiger partial charge is 0.251 e. The number of nitrogens with one attached hydrogen (secondary N) is 1. The highest BCUT2D eigenvalue weighted by Crippen LogP contribution is 2.19. The van der Waals surface area contributed by atoms with E-state index < -0.39 is 0 Å². The highest BCUT2D eigenvalue weighted by molar-refractivity contribution is 5.75. The second-order valence-corrected chi connectivity index (χ2v) is 6.23. The van der Waals surface area contributed by atoms with Crippen LogP contribution >= 0.6 is 0 Å². The van der Waals surface area contributed by atoms with Crippen molar-refractivity contribution in [3.63, 3.8) is 0 Å². The summed E-state index contributed by atoms with van der Waals surface area (Å²) in [7, 11) is 1.70. The van der Waals surface area contributed by atoms with Crippen LogP contribution in [0, 0.1) is 0 Å². The quantitative estimate of drug-likeness (QED) is 0.660. The summed E-state index contributed by atoms with van der Waals surface area (Å²) in [6.07, 6.45) is 1.70. The number of hydrogen-bond acceptors (Lipinski definition) is 6. The number of nitrogens with zero attached hydrogens (tertiary/aromatic N) is 4. The monoisotopic (exact) mass is 367 g/mol. The number of ether oxygens (including phenoxy) is 1. The summed E-state index contributed by atoms with van der Waals surface area (Å²) in [4.78, 5) is 22.8. The Balaban J connectivity index is 1.65. The van der Waals surface area contributed by atoms with Gasteiger partial charge in [0.25, 0.3) is 5.56 Å². The van der Waals surface area contributed by atoms with Crippen LogP contribution < -0.4 is 15.6 Å². The normalized spacial score (nSPS) is 11.1. The lowest BCUT2D eigenvalue weighted by Crippen LogP contribution is -2.27. The fraction of sp³-hybridized carbons (Fsp3) is 0.350. The van der Waals surface area contributed by atoms with Crippen LogP contribution in [-0.2, 0) is 7.05 Å². The van der Waals surface area contributed by atoms with Gasteiger partial charge in [0.05, 0.1) is 0 Å². The molecule has 7 heteroatoms. The molecule has 27 heavy (non-hydrogen) atoms. The third-order valence-electron chi connectivity index (χ3n) is 4.53. The van der Waals surface area contributed by atoms with Crippen LogP contribution in [0.3, 0.4) is 0 Å². The van der Waals surface area contributed by atoms with E-state index in [4.69, 9.17) is 4.74 Å². The first kappa shape index (κ1) is 18.8. The van der Waals surface area contributed by atoms with E-state index in [1.807, 2.05) is 24.3 Å². The zero-order valence-corrected chi connectivity index (χ0v) is 16.0. The largest absolute Gasteiger partial charge is 0.492 e. The van der Waals surface area contributed by atoms with Gasteiger partial charge in [-0.15, -0.1) is 0 Å². The van der Waals surface area contributed by atoms with Crippen LogP contribution in [0.25, 0.3) is 11.0 Å². The van der Waals surface area contributed by atoms with Gasteiger partial charge in [0.2, 0.25) is 5.95 Å². The maximum Gasteiger partial charge on any atom is 0.251 e. The van der Waals surface area contributed by atoms with Gasteiger partial charge in [-0.05, 0) is 43.4 Å². The maximum absolute atomic E-state index is 11.8. The van der Waals surface area contributed by atoms with Crippen molar-refractivity contribution in [1.82, 2.24) is 19.4 Å². The summed E-state index contributed by atoms with van der Waals surface area (Å²) in [6.45, 7) is 7.93. The Kier molecular flexibility index (Phi) is 6.03. The van der Waals surface area contributed by atoms with Crippen LogP contribution in [0.1, 0.15) is 13.8 Å². The topological polar surface area (TPSA) is 72.3 Å². The van der Waals surface area contributed by atoms with E-state index in [9.17, 15) is 4.79 Å². The fourth-order valence-corrected chi connectivity index (χ4v) is 2.80. The molecule has 0 aliphatic heterocycles. The Morgan fingerprint density at radius 1 is 1.11 bits per heavy atom. The Morgan fingerprint density at radius 3 is 2.56 bits per heavy atom. The zero-order chi connectivity index (χ0) is 19.2. The Morgan fingerprint density at radius 2 is 1.85 bits per heavy atom. The molecule has 142 valence electrons.